The molecule has 1 saturated heterocycles. The highest BCUT2D eigenvalue weighted by Crippen LogP contribution is 2.18. The second-order valence-electron chi connectivity index (χ2n) is 7.76. The van der Waals surface area contributed by atoms with Gasteiger partial charge in [0.2, 0.25) is 5.89 Å². The van der Waals surface area contributed by atoms with Crippen molar-refractivity contribution in [1.82, 2.24) is 20.5 Å². The number of hydrogen-bond donors (Lipinski definition) is 2. The molecule has 1 aliphatic heterocycles. The van der Waals surface area contributed by atoms with Crippen molar-refractivity contribution in [3.05, 3.63) is 77.1 Å². The Morgan fingerprint density at radius 2 is 1.87 bits per heavy atom. The second-order valence-corrected chi connectivity index (χ2v) is 8.19. The van der Waals surface area contributed by atoms with Gasteiger partial charge in [0, 0.05) is 43.3 Å². The third-order valence-corrected chi connectivity index (χ3v) is 5.73. The molecule has 4 rings (SSSR count). The van der Waals surface area contributed by atoms with Crippen LogP contribution in [0.5, 0.6) is 0 Å². The van der Waals surface area contributed by atoms with E-state index in [0.29, 0.717) is 18.5 Å². The molecule has 6 nitrogen and oxygen atoms in total. The summed E-state index contributed by atoms with van der Waals surface area (Å²) in [7, 11) is 1.79. The predicted molar refractivity (Wildman–Crippen MR) is 125 cm³/mol. The number of nitrogens with zero attached hydrogens (tertiary/aromatic N) is 3. The molecule has 31 heavy (non-hydrogen) atoms. The van der Waals surface area contributed by atoms with Crippen LogP contribution in [-0.4, -0.2) is 42.0 Å². The largest absolute Gasteiger partial charge is 0.444 e. The number of piperidine rings is 1. The van der Waals surface area contributed by atoms with E-state index in [4.69, 9.17) is 16.0 Å². The molecule has 0 amide bonds. The summed E-state index contributed by atoms with van der Waals surface area (Å²) in [5, 5.41) is 7.67. The van der Waals surface area contributed by atoms with E-state index in [0.717, 1.165) is 54.7 Å². The van der Waals surface area contributed by atoms with Gasteiger partial charge in [-0.05, 0) is 42.7 Å². The zero-order valence-electron chi connectivity index (χ0n) is 17.7. The summed E-state index contributed by atoms with van der Waals surface area (Å²) < 4.78 is 5.61. The summed E-state index contributed by atoms with van der Waals surface area (Å²) in [5.74, 6) is 1.42. The molecule has 0 unspecified atom stereocenters. The Labute approximate surface area is 188 Å². The van der Waals surface area contributed by atoms with E-state index in [-0.39, 0.29) is 0 Å². The first kappa shape index (κ1) is 21.4. The van der Waals surface area contributed by atoms with Crippen molar-refractivity contribution in [2.45, 2.75) is 32.0 Å². The standard InChI is InChI=1S/C24H28ClN5O/c1-26-24(27-15-22-17-31-23(28-22)19-5-3-2-4-6-19)29-21-11-13-30(14-12-21)16-18-7-9-20(25)10-8-18/h2-10,17,21H,11-16H2,1H3,(H2,26,27,29). The van der Waals surface area contributed by atoms with Crippen LogP contribution in [0, 0.1) is 0 Å². The first-order valence-electron chi connectivity index (χ1n) is 10.6. The topological polar surface area (TPSA) is 65.7 Å². The van der Waals surface area contributed by atoms with Crippen molar-refractivity contribution in [1.29, 1.82) is 0 Å². The minimum Gasteiger partial charge on any atom is -0.444 e. The molecule has 2 heterocycles. The minimum absolute atomic E-state index is 0.407. The van der Waals surface area contributed by atoms with Gasteiger partial charge in [-0.2, -0.15) is 0 Å². The van der Waals surface area contributed by atoms with Gasteiger partial charge >= 0.3 is 0 Å². The van der Waals surface area contributed by atoms with E-state index in [1.807, 2.05) is 42.5 Å². The molecule has 0 bridgehead atoms. The van der Waals surface area contributed by atoms with Crippen LogP contribution in [0.15, 0.2) is 70.3 Å². The number of benzene rings is 2. The van der Waals surface area contributed by atoms with E-state index in [2.05, 4.69) is 37.6 Å². The Balaban J connectivity index is 1.22. The second kappa shape index (κ2) is 10.5. The van der Waals surface area contributed by atoms with Crippen LogP contribution in [-0.2, 0) is 13.1 Å². The molecule has 1 fully saturated rings. The monoisotopic (exact) mass is 437 g/mol. The highest BCUT2D eigenvalue weighted by Gasteiger charge is 2.20. The lowest BCUT2D eigenvalue weighted by Gasteiger charge is -2.33. The van der Waals surface area contributed by atoms with E-state index >= 15 is 0 Å². The maximum Gasteiger partial charge on any atom is 0.226 e. The van der Waals surface area contributed by atoms with Crippen molar-refractivity contribution in [2.75, 3.05) is 20.1 Å². The lowest BCUT2D eigenvalue weighted by atomic mass is 10.0. The lowest BCUT2D eigenvalue weighted by molar-refractivity contribution is 0.198. The molecular weight excluding hydrogens is 410 g/mol. The van der Waals surface area contributed by atoms with E-state index in [9.17, 15) is 0 Å². The van der Waals surface area contributed by atoms with Crippen LogP contribution < -0.4 is 10.6 Å². The van der Waals surface area contributed by atoms with Gasteiger partial charge in [0.05, 0.1) is 12.2 Å². The van der Waals surface area contributed by atoms with Crippen molar-refractivity contribution in [3.8, 4) is 11.5 Å². The number of oxazole rings is 1. The van der Waals surface area contributed by atoms with E-state index < -0.39 is 0 Å². The molecule has 0 spiro atoms. The maximum absolute atomic E-state index is 5.98. The van der Waals surface area contributed by atoms with Gasteiger partial charge in [0.15, 0.2) is 5.96 Å². The summed E-state index contributed by atoms with van der Waals surface area (Å²) in [6, 6.07) is 18.4. The van der Waals surface area contributed by atoms with E-state index in [1.165, 1.54) is 5.56 Å². The van der Waals surface area contributed by atoms with Crippen LogP contribution in [0.2, 0.25) is 5.02 Å². The Bertz CT molecular complexity index is 979. The average Bonchev–Trinajstić information content (AvgIpc) is 3.29. The lowest BCUT2D eigenvalue weighted by Crippen LogP contribution is -2.48. The molecule has 162 valence electrons. The molecular formula is C24H28ClN5O. The Morgan fingerprint density at radius 3 is 2.58 bits per heavy atom. The van der Waals surface area contributed by atoms with Gasteiger partial charge in [-0.1, -0.05) is 41.9 Å². The number of halogens is 1. The molecule has 3 aromatic rings. The third kappa shape index (κ3) is 6.09. The van der Waals surface area contributed by atoms with Crippen molar-refractivity contribution >= 4 is 17.6 Å². The molecule has 1 aromatic heterocycles. The Kier molecular flexibility index (Phi) is 7.22. The fourth-order valence-corrected chi connectivity index (χ4v) is 3.87. The zero-order chi connectivity index (χ0) is 21.5. The Hall–Kier alpha value is -2.83. The van der Waals surface area contributed by atoms with Gasteiger partial charge in [0.25, 0.3) is 0 Å². The normalized spacial score (nSPS) is 15.7. The molecule has 0 atom stereocenters. The first-order chi connectivity index (χ1) is 15.2. The third-order valence-electron chi connectivity index (χ3n) is 5.48. The fourth-order valence-electron chi connectivity index (χ4n) is 3.75. The first-order valence-corrected chi connectivity index (χ1v) is 11.0. The number of hydrogen-bond acceptors (Lipinski definition) is 4. The van der Waals surface area contributed by atoms with Crippen LogP contribution in [0.4, 0.5) is 0 Å². The number of rotatable bonds is 6. The average molecular weight is 438 g/mol. The summed E-state index contributed by atoms with van der Waals surface area (Å²) in [6.07, 6.45) is 3.85. The molecule has 1 aliphatic rings. The molecule has 0 radical (unpaired) electrons. The van der Waals surface area contributed by atoms with Crippen LogP contribution in [0.3, 0.4) is 0 Å². The summed E-state index contributed by atoms with van der Waals surface area (Å²) in [6.45, 7) is 3.64. The Morgan fingerprint density at radius 1 is 1.13 bits per heavy atom. The zero-order valence-corrected chi connectivity index (χ0v) is 18.5. The number of aromatic nitrogens is 1. The summed E-state index contributed by atoms with van der Waals surface area (Å²) in [4.78, 5) is 11.4. The molecule has 2 aromatic carbocycles. The highest BCUT2D eigenvalue weighted by atomic mass is 35.5. The molecule has 7 heteroatoms. The van der Waals surface area contributed by atoms with Crippen LogP contribution in [0.25, 0.3) is 11.5 Å². The van der Waals surface area contributed by atoms with Crippen LogP contribution in [0.1, 0.15) is 24.1 Å². The fraction of sp³-hybridized carbons (Fsp3) is 0.333. The van der Waals surface area contributed by atoms with Crippen molar-refractivity contribution in [3.63, 3.8) is 0 Å². The van der Waals surface area contributed by atoms with Gasteiger partial charge in [-0.3, -0.25) is 9.89 Å². The van der Waals surface area contributed by atoms with Gasteiger partial charge < -0.3 is 15.1 Å². The van der Waals surface area contributed by atoms with Gasteiger partial charge in [-0.25, -0.2) is 4.98 Å². The minimum atomic E-state index is 0.407. The predicted octanol–water partition coefficient (Wildman–Crippen LogP) is 4.32. The summed E-state index contributed by atoms with van der Waals surface area (Å²) in [5.41, 5.74) is 3.12. The van der Waals surface area contributed by atoms with Crippen molar-refractivity contribution in [2.24, 2.45) is 4.99 Å². The molecule has 0 aliphatic carbocycles. The highest BCUT2D eigenvalue weighted by molar-refractivity contribution is 6.30. The van der Waals surface area contributed by atoms with Crippen LogP contribution >= 0.6 is 11.6 Å². The maximum atomic E-state index is 5.98. The SMILES string of the molecule is CN=C(NCc1coc(-c2ccccc2)n1)NC1CCN(Cc2ccc(Cl)cc2)CC1. The van der Waals surface area contributed by atoms with Crippen molar-refractivity contribution < 1.29 is 4.42 Å². The quantitative estimate of drug-likeness (QED) is 0.444. The summed E-state index contributed by atoms with van der Waals surface area (Å²) >= 11 is 5.98. The number of likely N-dealkylation sites (tertiary alicyclic amines) is 1. The van der Waals surface area contributed by atoms with Gasteiger partial charge in [0.1, 0.15) is 6.26 Å². The molecule has 0 saturated carbocycles. The number of aliphatic imine (C=N–C) groups is 1. The molecule has 2 N–H and O–H groups in total. The number of guanidine groups is 1. The van der Waals surface area contributed by atoms with E-state index in [1.54, 1.807) is 13.3 Å². The smallest absolute Gasteiger partial charge is 0.226 e. The van der Waals surface area contributed by atoms with Gasteiger partial charge in [-0.15, -0.1) is 0 Å². The number of nitrogens with one attached hydrogen (secondary N) is 2.